The van der Waals surface area contributed by atoms with E-state index in [0.29, 0.717) is 0 Å². The first-order valence-electron chi connectivity index (χ1n) is 6.72. The Morgan fingerprint density at radius 2 is 2.32 bits per heavy atom. The second-order valence-electron chi connectivity index (χ2n) is 5.10. The minimum absolute atomic E-state index is 0.00528. The fourth-order valence-electron chi connectivity index (χ4n) is 2.50. The Morgan fingerprint density at radius 1 is 1.42 bits per heavy atom. The molecule has 2 aromatic rings. The van der Waals surface area contributed by atoms with Gasteiger partial charge in [0.15, 0.2) is 0 Å². The summed E-state index contributed by atoms with van der Waals surface area (Å²) >= 11 is 0. The van der Waals surface area contributed by atoms with Crippen molar-refractivity contribution in [3.63, 3.8) is 0 Å². The van der Waals surface area contributed by atoms with Crippen LogP contribution in [0.5, 0.6) is 5.75 Å². The number of nitrogens with two attached hydrogens (primary N) is 1. The van der Waals surface area contributed by atoms with Crippen molar-refractivity contribution in [3.8, 4) is 5.75 Å². The molecule has 19 heavy (non-hydrogen) atoms. The van der Waals surface area contributed by atoms with Gasteiger partial charge in [-0.05, 0) is 36.1 Å². The molecule has 4 heteroatoms. The summed E-state index contributed by atoms with van der Waals surface area (Å²) in [5.41, 5.74) is 9.79. The molecule has 4 nitrogen and oxygen atoms in total. The van der Waals surface area contributed by atoms with Crippen molar-refractivity contribution in [1.29, 1.82) is 0 Å². The van der Waals surface area contributed by atoms with Gasteiger partial charge in [-0.2, -0.15) is 5.10 Å². The maximum Gasteiger partial charge on any atom is 0.122 e. The van der Waals surface area contributed by atoms with Crippen molar-refractivity contribution >= 4 is 0 Å². The summed E-state index contributed by atoms with van der Waals surface area (Å²) in [5.74, 6) is 1.04. The van der Waals surface area contributed by atoms with E-state index in [1.807, 2.05) is 19.3 Å². The number of hydrogen-bond acceptors (Lipinski definition) is 3. The lowest BCUT2D eigenvalue weighted by Gasteiger charge is -2.09. The number of benzene rings is 1. The van der Waals surface area contributed by atoms with Crippen LogP contribution in [0.3, 0.4) is 0 Å². The van der Waals surface area contributed by atoms with Gasteiger partial charge in [-0.15, -0.1) is 0 Å². The Kier molecular flexibility index (Phi) is 3.25. The molecule has 0 bridgehead atoms. The Hall–Kier alpha value is -1.81. The van der Waals surface area contributed by atoms with Gasteiger partial charge in [-0.25, -0.2) is 0 Å². The topological polar surface area (TPSA) is 53.1 Å². The number of rotatable bonds is 4. The molecule has 0 amide bonds. The summed E-state index contributed by atoms with van der Waals surface area (Å²) in [6.45, 7) is 0.812. The quantitative estimate of drug-likeness (QED) is 0.911. The van der Waals surface area contributed by atoms with E-state index in [4.69, 9.17) is 10.5 Å². The third-order valence-corrected chi connectivity index (χ3v) is 3.61. The summed E-state index contributed by atoms with van der Waals surface area (Å²) in [6, 6.07) is 8.44. The molecule has 1 unspecified atom stereocenters. The number of ether oxygens (including phenoxy) is 1. The maximum atomic E-state index is 6.17. The number of fused-ring (bicyclic) bond motifs is 1. The molecule has 3 rings (SSSR count). The fourth-order valence-corrected chi connectivity index (χ4v) is 2.50. The van der Waals surface area contributed by atoms with Crippen molar-refractivity contribution in [2.45, 2.75) is 25.3 Å². The Morgan fingerprint density at radius 3 is 3.11 bits per heavy atom. The zero-order chi connectivity index (χ0) is 13.2. The first kappa shape index (κ1) is 12.2. The number of hydrogen-bond donors (Lipinski definition) is 1. The molecule has 0 saturated carbocycles. The van der Waals surface area contributed by atoms with E-state index in [0.717, 1.165) is 37.3 Å². The summed E-state index contributed by atoms with van der Waals surface area (Å²) in [7, 11) is 1.91. The van der Waals surface area contributed by atoms with Crippen molar-refractivity contribution in [1.82, 2.24) is 9.78 Å². The number of aromatic nitrogens is 2. The predicted molar refractivity (Wildman–Crippen MR) is 74.1 cm³/mol. The summed E-state index contributed by atoms with van der Waals surface area (Å²) in [5, 5.41) is 4.35. The highest BCUT2D eigenvalue weighted by molar-refractivity contribution is 5.39. The third-order valence-electron chi connectivity index (χ3n) is 3.61. The molecular formula is C15H19N3O. The lowest BCUT2D eigenvalue weighted by molar-refractivity contribution is 0.357. The Balaban J connectivity index is 1.63. The standard InChI is InChI=1S/C15H19N3O/c1-18-8-6-14(17-18)13(16)4-2-11-3-5-15-12(10-11)7-9-19-15/h3,5-6,8,10,13H,2,4,7,9,16H2,1H3. The highest BCUT2D eigenvalue weighted by Crippen LogP contribution is 2.27. The van der Waals surface area contributed by atoms with Crippen molar-refractivity contribution in [2.24, 2.45) is 12.8 Å². The van der Waals surface area contributed by atoms with Gasteiger partial charge in [0.05, 0.1) is 12.3 Å². The van der Waals surface area contributed by atoms with Crippen LogP contribution in [0.4, 0.5) is 0 Å². The normalized spacial score (nSPS) is 15.1. The van der Waals surface area contributed by atoms with Crippen LogP contribution in [-0.2, 0) is 19.9 Å². The average Bonchev–Trinajstić information content (AvgIpc) is 3.03. The van der Waals surface area contributed by atoms with E-state index in [1.54, 1.807) is 4.68 Å². The first-order valence-corrected chi connectivity index (χ1v) is 6.72. The third kappa shape index (κ3) is 2.63. The van der Waals surface area contributed by atoms with Gasteiger partial charge in [0.1, 0.15) is 5.75 Å². The van der Waals surface area contributed by atoms with E-state index in [2.05, 4.69) is 23.3 Å². The Labute approximate surface area is 113 Å². The molecule has 1 atom stereocenters. The largest absolute Gasteiger partial charge is 0.493 e. The molecular weight excluding hydrogens is 238 g/mol. The van der Waals surface area contributed by atoms with E-state index in [9.17, 15) is 0 Å². The van der Waals surface area contributed by atoms with Crippen LogP contribution in [-0.4, -0.2) is 16.4 Å². The SMILES string of the molecule is Cn1ccc(C(N)CCc2ccc3c(c2)CCO3)n1. The molecule has 0 spiro atoms. The monoisotopic (exact) mass is 257 g/mol. The average molecular weight is 257 g/mol. The van der Waals surface area contributed by atoms with Crippen LogP contribution in [0.15, 0.2) is 30.5 Å². The molecule has 0 fully saturated rings. The van der Waals surface area contributed by atoms with Gasteiger partial charge in [0.2, 0.25) is 0 Å². The molecule has 1 aliphatic heterocycles. The molecule has 0 aliphatic carbocycles. The summed E-state index contributed by atoms with van der Waals surface area (Å²) in [6.07, 6.45) is 4.85. The van der Waals surface area contributed by atoms with Crippen molar-refractivity contribution < 1.29 is 4.74 Å². The second kappa shape index (κ2) is 5.05. The van der Waals surface area contributed by atoms with E-state index in [1.165, 1.54) is 11.1 Å². The van der Waals surface area contributed by atoms with Crippen LogP contribution >= 0.6 is 0 Å². The van der Waals surface area contributed by atoms with E-state index in [-0.39, 0.29) is 6.04 Å². The van der Waals surface area contributed by atoms with E-state index < -0.39 is 0 Å². The smallest absolute Gasteiger partial charge is 0.122 e. The van der Waals surface area contributed by atoms with E-state index >= 15 is 0 Å². The zero-order valence-electron chi connectivity index (χ0n) is 11.2. The van der Waals surface area contributed by atoms with Crippen LogP contribution < -0.4 is 10.5 Å². The van der Waals surface area contributed by atoms with Gasteiger partial charge < -0.3 is 10.5 Å². The number of aryl methyl sites for hydroxylation is 2. The lowest BCUT2D eigenvalue weighted by atomic mass is 10.0. The van der Waals surface area contributed by atoms with Crippen molar-refractivity contribution in [2.75, 3.05) is 6.61 Å². The minimum Gasteiger partial charge on any atom is -0.493 e. The molecule has 0 saturated heterocycles. The van der Waals surface area contributed by atoms with Crippen LogP contribution in [0, 0.1) is 0 Å². The summed E-state index contributed by atoms with van der Waals surface area (Å²) < 4.78 is 7.31. The molecule has 0 radical (unpaired) electrons. The highest BCUT2D eigenvalue weighted by atomic mass is 16.5. The van der Waals surface area contributed by atoms with Gasteiger partial charge in [-0.1, -0.05) is 12.1 Å². The molecule has 1 aliphatic rings. The zero-order valence-corrected chi connectivity index (χ0v) is 11.2. The molecule has 2 heterocycles. The Bertz CT molecular complexity index is 577. The molecule has 2 N–H and O–H groups in total. The van der Waals surface area contributed by atoms with Gasteiger partial charge >= 0.3 is 0 Å². The van der Waals surface area contributed by atoms with Crippen LogP contribution in [0.2, 0.25) is 0 Å². The number of nitrogens with zero attached hydrogens (tertiary/aromatic N) is 2. The van der Waals surface area contributed by atoms with Gasteiger partial charge in [0.25, 0.3) is 0 Å². The maximum absolute atomic E-state index is 6.17. The molecule has 1 aromatic heterocycles. The minimum atomic E-state index is 0.00528. The first-order chi connectivity index (χ1) is 9.22. The van der Waals surface area contributed by atoms with Crippen LogP contribution in [0.1, 0.15) is 29.3 Å². The fraction of sp³-hybridized carbons (Fsp3) is 0.400. The van der Waals surface area contributed by atoms with Crippen molar-refractivity contribution in [3.05, 3.63) is 47.3 Å². The van der Waals surface area contributed by atoms with Crippen LogP contribution in [0.25, 0.3) is 0 Å². The molecule has 1 aromatic carbocycles. The highest BCUT2D eigenvalue weighted by Gasteiger charge is 2.13. The van der Waals surface area contributed by atoms with Gasteiger partial charge in [-0.3, -0.25) is 4.68 Å². The lowest BCUT2D eigenvalue weighted by Crippen LogP contribution is -2.12. The second-order valence-corrected chi connectivity index (χ2v) is 5.10. The predicted octanol–water partition coefficient (Wildman–Crippen LogP) is 1.99. The van der Waals surface area contributed by atoms with Gasteiger partial charge in [0, 0.05) is 25.7 Å². The summed E-state index contributed by atoms with van der Waals surface area (Å²) in [4.78, 5) is 0. The molecule has 100 valence electrons.